The molecule has 0 bridgehead atoms. The number of fused-ring (bicyclic) bond motifs is 1. The van der Waals surface area contributed by atoms with Gasteiger partial charge in [0.25, 0.3) is 5.91 Å². The highest BCUT2D eigenvalue weighted by atomic mass is 16.5. The van der Waals surface area contributed by atoms with E-state index in [9.17, 15) is 9.59 Å². The van der Waals surface area contributed by atoms with Crippen LogP contribution in [0.15, 0.2) is 63.8 Å². The first-order chi connectivity index (χ1) is 13.5. The largest absolute Gasteiger partial charge is 0.484 e. The molecule has 0 atom stereocenters. The van der Waals surface area contributed by atoms with E-state index in [4.69, 9.17) is 9.15 Å². The van der Waals surface area contributed by atoms with Crippen molar-refractivity contribution in [3.63, 3.8) is 0 Å². The fourth-order valence-electron chi connectivity index (χ4n) is 2.79. The Hall–Kier alpha value is -3.12. The van der Waals surface area contributed by atoms with E-state index in [1.54, 1.807) is 18.2 Å². The molecule has 146 valence electrons. The lowest BCUT2D eigenvalue weighted by molar-refractivity contribution is -0.123. The molecule has 0 radical (unpaired) electrons. The van der Waals surface area contributed by atoms with Crippen LogP contribution in [0.2, 0.25) is 0 Å². The number of nitrogens with zero attached hydrogens (tertiary/aromatic N) is 1. The van der Waals surface area contributed by atoms with E-state index in [1.807, 2.05) is 44.4 Å². The van der Waals surface area contributed by atoms with Gasteiger partial charge >= 0.3 is 0 Å². The zero-order valence-corrected chi connectivity index (χ0v) is 16.1. The zero-order valence-electron chi connectivity index (χ0n) is 16.1. The average molecular weight is 380 g/mol. The van der Waals surface area contributed by atoms with Crippen LogP contribution >= 0.6 is 0 Å². The number of hydrogen-bond acceptors (Lipinski definition) is 5. The number of benzene rings is 2. The molecule has 1 N–H and O–H groups in total. The second-order valence-corrected chi connectivity index (χ2v) is 6.79. The van der Waals surface area contributed by atoms with Crippen molar-refractivity contribution in [3.05, 3.63) is 64.8 Å². The predicted molar refractivity (Wildman–Crippen MR) is 110 cm³/mol. The van der Waals surface area contributed by atoms with Crippen LogP contribution in [0.4, 0.5) is 0 Å². The van der Waals surface area contributed by atoms with Gasteiger partial charge in [-0.3, -0.25) is 9.59 Å². The van der Waals surface area contributed by atoms with Gasteiger partial charge in [0.15, 0.2) is 12.0 Å². The highest BCUT2D eigenvalue weighted by molar-refractivity contribution is 5.80. The molecule has 6 nitrogen and oxygen atoms in total. The number of carbonyl (C=O) groups is 1. The minimum Gasteiger partial charge on any atom is -0.484 e. The first kappa shape index (κ1) is 19.6. The maximum Gasteiger partial charge on any atom is 0.257 e. The molecular formula is C22H24N2O4. The molecule has 1 heterocycles. The van der Waals surface area contributed by atoms with E-state index >= 15 is 0 Å². The number of ether oxygens (including phenoxy) is 1. The van der Waals surface area contributed by atoms with Crippen LogP contribution < -0.4 is 15.5 Å². The van der Waals surface area contributed by atoms with E-state index < -0.39 is 0 Å². The molecule has 28 heavy (non-hydrogen) atoms. The first-order valence-corrected chi connectivity index (χ1v) is 9.20. The van der Waals surface area contributed by atoms with Gasteiger partial charge in [-0.2, -0.15) is 0 Å². The summed E-state index contributed by atoms with van der Waals surface area (Å²) in [5.41, 5.74) is 1.13. The first-order valence-electron chi connectivity index (χ1n) is 9.20. The van der Waals surface area contributed by atoms with Gasteiger partial charge in [-0.25, -0.2) is 0 Å². The third-order valence-electron chi connectivity index (χ3n) is 4.23. The van der Waals surface area contributed by atoms with E-state index in [1.165, 1.54) is 6.07 Å². The standard InChI is InChI=1S/C22H24N2O4/c1-24(2)12-6-11-23-22(26)15-27-17-9-10-18-19(25)14-20(28-21(18)13-17)16-7-4-3-5-8-16/h3-5,7-10,13-14H,6,11-12,15H2,1-2H3,(H,23,26). The molecule has 1 aromatic heterocycles. The molecule has 3 aromatic rings. The van der Waals surface area contributed by atoms with Gasteiger partial charge in [0, 0.05) is 24.2 Å². The number of carbonyl (C=O) groups excluding carboxylic acids is 1. The summed E-state index contributed by atoms with van der Waals surface area (Å²) in [6, 6.07) is 15.9. The highest BCUT2D eigenvalue weighted by Crippen LogP contribution is 2.24. The Labute approximate surface area is 163 Å². The Morgan fingerprint density at radius 1 is 1.11 bits per heavy atom. The fourth-order valence-corrected chi connectivity index (χ4v) is 2.79. The summed E-state index contributed by atoms with van der Waals surface area (Å²) in [5.74, 6) is 0.788. The summed E-state index contributed by atoms with van der Waals surface area (Å²) in [5, 5.41) is 3.29. The molecule has 0 saturated heterocycles. The van der Waals surface area contributed by atoms with Crippen LogP contribution in [-0.2, 0) is 4.79 Å². The van der Waals surface area contributed by atoms with Crippen molar-refractivity contribution in [2.24, 2.45) is 0 Å². The van der Waals surface area contributed by atoms with Crippen molar-refractivity contribution in [2.45, 2.75) is 6.42 Å². The van der Waals surface area contributed by atoms with E-state index in [0.717, 1.165) is 18.5 Å². The molecule has 0 saturated carbocycles. The van der Waals surface area contributed by atoms with Gasteiger partial charge in [0.2, 0.25) is 0 Å². The van der Waals surface area contributed by atoms with Crippen LogP contribution in [0, 0.1) is 0 Å². The molecule has 3 rings (SSSR count). The topological polar surface area (TPSA) is 71.8 Å². The lowest BCUT2D eigenvalue weighted by Crippen LogP contribution is -2.31. The van der Waals surface area contributed by atoms with Crippen LogP contribution in [0.3, 0.4) is 0 Å². The number of nitrogens with one attached hydrogen (secondary N) is 1. The molecule has 0 aliphatic carbocycles. The quantitative estimate of drug-likeness (QED) is 0.609. The molecule has 2 aromatic carbocycles. The summed E-state index contributed by atoms with van der Waals surface area (Å²) < 4.78 is 11.4. The van der Waals surface area contributed by atoms with Gasteiger partial charge in [-0.05, 0) is 39.2 Å². The lowest BCUT2D eigenvalue weighted by Gasteiger charge is -2.10. The van der Waals surface area contributed by atoms with Crippen molar-refractivity contribution in [1.29, 1.82) is 0 Å². The van der Waals surface area contributed by atoms with Gasteiger partial charge in [-0.1, -0.05) is 30.3 Å². The minimum absolute atomic E-state index is 0.0872. The summed E-state index contributed by atoms with van der Waals surface area (Å²) in [6.07, 6.45) is 0.877. The van der Waals surface area contributed by atoms with E-state index in [-0.39, 0.29) is 17.9 Å². The van der Waals surface area contributed by atoms with Crippen molar-refractivity contribution in [3.8, 4) is 17.1 Å². The number of amides is 1. The van der Waals surface area contributed by atoms with E-state index in [0.29, 0.717) is 29.0 Å². The Morgan fingerprint density at radius 3 is 2.64 bits per heavy atom. The van der Waals surface area contributed by atoms with Crippen LogP contribution in [0.25, 0.3) is 22.3 Å². The summed E-state index contributed by atoms with van der Waals surface area (Å²) in [4.78, 5) is 26.3. The maximum absolute atomic E-state index is 12.4. The van der Waals surface area contributed by atoms with Gasteiger partial charge in [-0.15, -0.1) is 0 Å². The molecular weight excluding hydrogens is 356 g/mol. The highest BCUT2D eigenvalue weighted by Gasteiger charge is 2.09. The Bertz CT molecular complexity index is 996. The summed E-state index contributed by atoms with van der Waals surface area (Å²) in [7, 11) is 3.98. The Kier molecular flexibility index (Phi) is 6.45. The summed E-state index contributed by atoms with van der Waals surface area (Å²) >= 11 is 0. The van der Waals surface area contributed by atoms with Gasteiger partial charge < -0.3 is 19.4 Å². The van der Waals surface area contributed by atoms with Crippen molar-refractivity contribution in [1.82, 2.24) is 10.2 Å². The van der Waals surface area contributed by atoms with Crippen molar-refractivity contribution < 1.29 is 13.9 Å². The fraction of sp³-hybridized carbons (Fsp3) is 0.273. The molecule has 0 aliphatic heterocycles. The number of hydrogen-bond donors (Lipinski definition) is 1. The monoisotopic (exact) mass is 380 g/mol. The molecule has 0 fully saturated rings. The SMILES string of the molecule is CN(C)CCCNC(=O)COc1ccc2c(=O)cc(-c3ccccc3)oc2c1. The third kappa shape index (κ3) is 5.20. The summed E-state index contributed by atoms with van der Waals surface area (Å²) in [6.45, 7) is 1.43. The van der Waals surface area contributed by atoms with Gasteiger partial charge in [0.05, 0.1) is 5.39 Å². The smallest absolute Gasteiger partial charge is 0.257 e. The second-order valence-electron chi connectivity index (χ2n) is 6.79. The van der Waals surface area contributed by atoms with Crippen molar-refractivity contribution >= 4 is 16.9 Å². The number of rotatable bonds is 8. The van der Waals surface area contributed by atoms with Crippen LogP contribution in [-0.4, -0.2) is 44.6 Å². The minimum atomic E-state index is -0.182. The van der Waals surface area contributed by atoms with Gasteiger partial charge in [0.1, 0.15) is 17.1 Å². The maximum atomic E-state index is 12.4. The zero-order chi connectivity index (χ0) is 19.9. The van der Waals surface area contributed by atoms with Crippen LogP contribution in [0.5, 0.6) is 5.75 Å². The van der Waals surface area contributed by atoms with Crippen LogP contribution in [0.1, 0.15) is 6.42 Å². The second kappa shape index (κ2) is 9.19. The molecule has 1 amide bonds. The van der Waals surface area contributed by atoms with E-state index in [2.05, 4.69) is 10.2 Å². The predicted octanol–water partition coefficient (Wildman–Crippen LogP) is 2.91. The molecule has 6 heteroatoms. The molecule has 0 aliphatic rings. The normalized spacial score (nSPS) is 11.0. The van der Waals surface area contributed by atoms with Crippen molar-refractivity contribution in [2.75, 3.05) is 33.8 Å². The Balaban J connectivity index is 1.68. The molecule has 0 spiro atoms. The lowest BCUT2D eigenvalue weighted by atomic mass is 10.1. The Morgan fingerprint density at radius 2 is 1.89 bits per heavy atom. The molecule has 0 unspecified atom stereocenters. The average Bonchev–Trinajstić information content (AvgIpc) is 2.70. The third-order valence-corrected chi connectivity index (χ3v) is 4.23.